The molecule has 7 heteroatoms. The van der Waals surface area contributed by atoms with Crippen LogP contribution in [0, 0.1) is 5.92 Å². The summed E-state index contributed by atoms with van der Waals surface area (Å²) in [4.78, 5) is 32.5. The van der Waals surface area contributed by atoms with Crippen LogP contribution in [0.1, 0.15) is 42.7 Å². The zero-order valence-corrected chi connectivity index (χ0v) is 21.3. The second-order valence-electron chi connectivity index (χ2n) is 10.1. The average molecular weight is 502 g/mol. The minimum absolute atomic E-state index is 0.0456. The maximum atomic E-state index is 12.8. The molecule has 194 valence electrons. The molecule has 0 bridgehead atoms. The van der Waals surface area contributed by atoms with Crippen molar-refractivity contribution in [1.29, 1.82) is 0 Å². The van der Waals surface area contributed by atoms with Crippen molar-refractivity contribution in [2.75, 3.05) is 33.3 Å². The fraction of sp³-hybridized carbons (Fsp3) is 0.400. The number of carbonyl (C=O) groups excluding carboxylic acids is 1. The van der Waals surface area contributed by atoms with Crippen LogP contribution < -0.4 is 4.74 Å². The van der Waals surface area contributed by atoms with Crippen LogP contribution in [0.15, 0.2) is 60.8 Å². The number of aliphatic carboxylic acids is 1. The first-order valence-electron chi connectivity index (χ1n) is 13.2. The molecule has 2 fully saturated rings. The zero-order valence-electron chi connectivity index (χ0n) is 21.3. The number of nitrogens with zero attached hydrogens (tertiary/aromatic N) is 2. The van der Waals surface area contributed by atoms with E-state index < -0.39 is 12.0 Å². The molecule has 1 amide bonds. The molecule has 3 heterocycles. The van der Waals surface area contributed by atoms with E-state index in [1.807, 2.05) is 35.2 Å². The third-order valence-corrected chi connectivity index (χ3v) is 8.08. The molecule has 0 aliphatic carbocycles. The molecule has 1 atom stereocenters. The number of benzene rings is 2. The third-order valence-electron chi connectivity index (χ3n) is 8.08. The van der Waals surface area contributed by atoms with Crippen molar-refractivity contribution in [2.24, 2.45) is 5.92 Å². The van der Waals surface area contributed by atoms with Crippen LogP contribution in [0.3, 0.4) is 0 Å². The third kappa shape index (κ3) is 5.42. The Balaban J connectivity index is 1.17. The number of methoxy groups -OCH3 is 1. The highest BCUT2D eigenvalue weighted by atomic mass is 16.5. The molecule has 2 aliphatic heterocycles. The molecule has 2 saturated heterocycles. The van der Waals surface area contributed by atoms with Gasteiger partial charge in [0, 0.05) is 41.8 Å². The highest BCUT2D eigenvalue weighted by molar-refractivity contribution is 5.92. The van der Waals surface area contributed by atoms with E-state index in [9.17, 15) is 14.7 Å². The van der Waals surface area contributed by atoms with Gasteiger partial charge in [-0.15, -0.1) is 0 Å². The van der Waals surface area contributed by atoms with Gasteiger partial charge in [-0.05, 0) is 74.4 Å². The number of aromatic nitrogens is 1. The molecular weight excluding hydrogens is 466 g/mol. The Morgan fingerprint density at radius 1 is 1.00 bits per heavy atom. The van der Waals surface area contributed by atoms with Gasteiger partial charge in [-0.25, -0.2) is 0 Å². The van der Waals surface area contributed by atoms with Crippen LogP contribution >= 0.6 is 0 Å². The molecule has 2 N–H and O–H groups in total. The first-order chi connectivity index (χ1) is 18.0. The zero-order chi connectivity index (χ0) is 25.8. The summed E-state index contributed by atoms with van der Waals surface area (Å²) < 4.78 is 5.35. The molecule has 7 nitrogen and oxygen atoms in total. The summed E-state index contributed by atoms with van der Waals surface area (Å²) in [5.41, 5.74) is 3.35. The summed E-state index contributed by atoms with van der Waals surface area (Å²) in [6.45, 7) is 2.72. The second-order valence-corrected chi connectivity index (χ2v) is 10.1. The first-order valence-corrected chi connectivity index (χ1v) is 13.2. The number of hydrogen-bond acceptors (Lipinski definition) is 4. The number of aromatic amines is 1. The number of piperidine rings is 2. The van der Waals surface area contributed by atoms with Crippen LogP contribution in [0.5, 0.6) is 5.75 Å². The topological polar surface area (TPSA) is 85.9 Å². The summed E-state index contributed by atoms with van der Waals surface area (Å²) in [5.74, 6) is 0.422. The molecule has 1 unspecified atom stereocenters. The summed E-state index contributed by atoms with van der Waals surface area (Å²) in [5, 5.41) is 11.4. The summed E-state index contributed by atoms with van der Waals surface area (Å²) in [7, 11) is 1.61. The lowest BCUT2D eigenvalue weighted by Gasteiger charge is -2.41. The van der Waals surface area contributed by atoms with Crippen molar-refractivity contribution in [3.63, 3.8) is 0 Å². The van der Waals surface area contributed by atoms with Crippen molar-refractivity contribution < 1.29 is 19.4 Å². The highest BCUT2D eigenvalue weighted by Gasteiger charge is 2.38. The van der Waals surface area contributed by atoms with Gasteiger partial charge in [-0.2, -0.15) is 0 Å². The van der Waals surface area contributed by atoms with Crippen molar-refractivity contribution in [3.8, 4) is 5.75 Å². The number of nitrogens with one attached hydrogen (secondary N) is 1. The van der Waals surface area contributed by atoms with E-state index in [4.69, 9.17) is 4.74 Å². The summed E-state index contributed by atoms with van der Waals surface area (Å²) in [6, 6.07) is 15.5. The van der Waals surface area contributed by atoms with E-state index in [2.05, 4.69) is 34.3 Å². The standard InChI is InChI=1S/C30H35N3O4/c1-37-27-9-5-2-6-22(27)10-11-28(34)32-16-14-23(15-17-32)29(30(35)36)33-18-12-21(13-19-33)25-20-31-26-8-4-3-7-24(25)26/h2-11,20-21,23,29,31H,12-19H2,1H3,(H,35,36). The van der Waals surface area contributed by atoms with Crippen LogP contribution in [0.2, 0.25) is 0 Å². The molecule has 5 rings (SSSR count). The van der Waals surface area contributed by atoms with Crippen LogP contribution in [-0.4, -0.2) is 71.1 Å². The molecule has 1 aromatic heterocycles. The maximum absolute atomic E-state index is 12.8. The lowest BCUT2D eigenvalue weighted by Crippen LogP contribution is -2.52. The van der Waals surface area contributed by atoms with Crippen LogP contribution in [0.25, 0.3) is 17.0 Å². The van der Waals surface area contributed by atoms with Gasteiger partial charge in [0.05, 0.1) is 7.11 Å². The number of amides is 1. The number of carboxylic acids is 1. The van der Waals surface area contributed by atoms with Gasteiger partial charge in [-0.3, -0.25) is 14.5 Å². The van der Waals surface area contributed by atoms with Crippen molar-refractivity contribution in [1.82, 2.24) is 14.8 Å². The monoisotopic (exact) mass is 501 g/mol. The van der Waals surface area contributed by atoms with Crippen LogP contribution in [-0.2, 0) is 9.59 Å². The van der Waals surface area contributed by atoms with Gasteiger partial charge in [0.15, 0.2) is 0 Å². The number of H-pyrrole nitrogens is 1. The molecule has 0 radical (unpaired) electrons. The van der Waals surface area contributed by atoms with E-state index in [0.29, 0.717) is 31.8 Å². The number of rotatable bonds is 7. The van der Waals surface area contributed by atoms with Crippen molar-refractivity contribution in [2.45, 2.75) is 37.6 Å². The van der Waals surface area contributed by atoms with E-state index >= 15 is 0 Å². The average Bonchev–Trinajstić information content (AvgIpc) is 3.37. The predicted molar refractivity (Wildman–Crippen MR) is 145 cm³/mol. The van der Waals surface area contributed by atoms with Gasteiger partial charge in [0.25, 0.3) is 0 Å². The molecule has 0 saturated carbocycles. The minimum Gasteiger partial charge on any atom is -0.496 e. The molecule has 2 aromatic carbocycles. The Kier molecular flexibility index (Phi) is 7.60. The fourth-order valence-electron chi connectivity index (χ4n) is 6.08. The highest BCUT2D eigenvalue weighted by Crippen LogP contribution is 2.35. The van der Waals surface area contributed by atoms with E-state index in [0.717, 1.165) is 42.8 Å². The Hall–Kier alpha value is -3.58. The fourth-order valence-corrected chi connectivity index (χ4v) is 6.08. The molecular formula is C30H35N3O4. The number of likely N-dealkylation sites (tertiary alicyclic amines) is 2. The van der Waals surface area contributed by atoms with Gasteiger partial charge >= 0.3 is 5.97 Å². The predicted octanol–water partition coefficient (Wildman–Crippen LogP) is 4.76. The van der Waals surface area contributed by atoms with E-state index in [-0.39, 0.29) is 11.8 Å². The molecule has 0 spiro atoms. The Morgan fingerprint density at radius 3 is 2.43 bits per heavy atom. The normalized spacial score (nSPS) is 18.9. The number of para-hydroxylation sites is 2. The number of ether oxygens (including phenoxy) is 1. The quantitative estimate of drug-likeness (QED) is 0.456. The summed E-state index contributed by atoms with van der Waals surface area (Å²) >= 11 is 0. The number of hydrogen-bond donors (Lipinski definition) is 2. The maximum Gasteiger partial charge on any atom is 0.321 e. The summed E-state index contributed by atoms with van der Waals surface area (Å²) in [6.07, 6.45) is 8.80. The number of carboxylic acid groups (broad SMARTS) is 1. The largest absolute Gasteiger partial charge is 0.496 e. The van der Waals surface area contributed by atoms with Gasteiger partial charge in [0.2, 0.25) is 5.91 Å². The second kappa shape index (κ2) is 11.2. The lowest BCUT2D eigenvalue weighted by molar-refractivity contribution is -0.147. The SMILES string of the molecule is COc1ccccc1C=CC(=O)N1CCC(C(C(=O)O)N2CCC(c3c[nH]c4ccccc34)CC2)CC1. The Bertz CT molecular complexity index is 1270. The van der Waals surface area contributed by atoms with E-state index in [1.54, 1.807) is 19.3 Å². The minimum atomic E-state index is -0.744. The van der Waals surface area contributed by atoms with Crippen LogP contribution in [0.4, 0.5) is 0 Å². The molecule has 2 aliphatic rings. The first kappa shape index (κ1) is 25.1. The smallest absolute Gasteiger partial charge is 0.321 e. The molecule has 3 aromatic rings. The van der Waals surface area contributed by atoms with Crippen molar-refractivity contribution >= 4 is 28.9 Å². The van der Waals surface area contributed by atoms with E-state index in [1.165, 1.54) is 10.9 Å². The molecule has 37 heavy (non-hydrogen) atoms. The Labute approximate surface area is 217 Å². The lowest BCUT2D eigenvalue weighted by atomic mass is 9.84. The van der Waals surface area contributed by atoms with Gasteiger partial charge < -0.3 is 19.7 Å². The van der Waals surface area contributed by atoms with Gasteiger partial charge in [-0.1, -0.05) is 36.4 Å². The number of carbonyl (C=O) groups is 2. The number of fused-ring (bicyclic) bond motifs is 1. The van der Waals surface area contributed by atoms with Crippen molar-refractivity contribution in [3.05, 3.63) is 71.9 Å². The Morgan fingerprint density at radius 2 is 1.70 bits per heavy atom. The van der Waals surface area contributed by atoms with Gasteiger partial charge in [0.1, 0.15) is 11.8 Å².